The summed E-state index contributed by atoms with van der Waals surface area (Å²) in [6.07, 6.45) is 3.60. The number of amides is 1. The fourth-order valence-electron chi connectivity index (χ4n) is 2.40. The van der Waals surface area contributed by atoms with Gasteiger partial charge in [0.05, 0.1) is 5.75 Å². The van der Waals surface area contributed by atoms with Crippen molar-refractivity contribution in [3.63, 3.8) is 0 Å². The zero-order valence-corrected chi connectivity index (χ0v) is 16.3. The van der Waals surface area contributed by atoms with E-state index in [-0.39, 0.29) is 11.7 Å². The van der Waals surface area contributed by atoms with Crippen molar-refractivity contribution in [2.24, 2.45) is 0 Å². The number of aromatic nitrogens is 3. The van der Waals surface area contributed by atoms with E-state index in [4.69, 9.17) is 4.42 Å². The second-order valence-corrected chi connectivity index (χ2v) is 7.34. The Morgan fingerprint density at radius 1 is 1.30 bits per heavy atom. The molecular weight excluding hydrogens is 360 g/mol. The Labute approximate surface area is 162 Å². The molecule has 3 rings (SSSR count). The third kappa shape index (κ3) is 5.59. The summed E-state index contributed by atoms with van der Waals surface area (Å²) in [6.45, 7) is 6.14. The van der Waals surface area contributed by atoms with E-state index in [1.165, 1.54) is 17.3 Å². The van der Waals surface area contributed by atoms with Crippen LogP contribution in [0.5, 0.6) is 0 Å². The van der Waals surface area contributed by atoms with Crippen LogP contribution in [0, 0.1) is 6.92 Å². The van der Waals surface area contributed by atoms with Crippen LogP contribution in [0.15, 0.2) is 46.0 Å². The summed E-state index contributed by atoms with van der Waals surface area (Å²) in [5, 5.41) is 10.4. The molecule has 0 fully saturated rings. The number of hydrogen-bond acceptors (Lipinski definition) is 5. The highest BCUT2D eigenvalue weighted by atomic mass is 32.2. The zero-order chi connectivity index (χ0) is 19.2. The maximum atomic E-state index is 12.2. The van der Waals surface area contributed by atoms with Crippen LogP contribution in [0.4, 0.5) is 5.69 Å². The van der Waals surface area contributed by atoms with Crippen molar-refractivity contribution in [3.8, 4) is 0 Å². The summed E-state index contributed by atoms with van der Waals surface area (Å²) in [5.41, 5.74) is 2.00. The molecule has 0 saturated heterocycles. The van der Waals surface area contributed by atoms with Gasteiger partial charge in [0.15, 0.2) is 0 Å². The Kier molecular flexibility index (Phi) is 6.13. The highest BCUT2D eigenvalue weighted by Crippen LogP contribution is 2.19. The Bertz CT molecular complexity index is 943. The number of anilines is 1. The van der Waals surface area contributed by atoms with Crippen molar-refractivity contribution < 1.29 is 9.21 Å². The van der Waals surface area contributed by atoms with Crippen molar-refractivity contribution in [1.29, 1.82) is 0 Å². The topological polar surface area (TPSA) is 83.8 Å². The molecule has 2 heterocycles. The number of carbonyl (C=O) groups is 1. The van der Waals surface area contributed by atoms with Gasteiger partial charge < -0.3 is 9.73 Å². The second-order valence-electron chi connectivity index (χ2n) is 6.40. The van der Waals surface area contributed by atoms with Crippen LogP contribution < -0.4 is 5.32 Å². The Balaban J connectivity index is 1.51. The van der Waals surface area contributed by atoms with Gasteiger partial charge in [0.25, 0.3) is 0 Å². The number of benzene rings is 1. The fraction of sp³-hybridized carbons (Fsp3) is 0.250. The summed E-state index contributed by atoms with van der Waals surface area (Å²) in [7, 11) is 0. The summed E-state index contributed by atoms with van der Waals surface area (Å²) < 4.78 is 5.46. The quantitative estimate of drug-likeness (QED) is 0.577. The predicted molar refractivity (Wildman–Crippen MR) is 109 cm³/mol. The molecule has 0 saturated carbocycles. The number of hydrogen-bond donors (Lipinski definition) is 2. The van der Waals surface area contributed by atoms with Crippen LogP contribution in [0.2, 0.25) is 0 Å². The van der Waals surface area contributed by atoms with Gasteiger partial charge in [-0.2, -0.15) is 0 Å². The molecule has 140 valence electrons. The lowest BCUT2D eigenvalue weighted by Gasteiger charge is -2.09. The van der Waals surface area contributed by atoms with E-state index in [2.05, 4.69) is 40.4 Å². The Morgan fingerprint density at radius 3 is 2.89 bits per heavy atom. The van der Waals surface area contributed by atoms with E-state index in [1.807, 2.05) is 43.3 Å². The normalized spacial score (nSPS) is 11.4. The van der Waals surface area contributed by atoms with Crippen LogP contribution in [0.25, 0.3) is 12.2 Å². The third-order valence-corrected chi connectivity index (χ3v) is 4.67. The minimum Gasteiger partial charge on any atom is -0.462 e. The van der Waals surface area contributed by atoms with Crippen molar-refractivity contribution in [2.45, 2.75) is 31.8 Å². The van der Waals surface area contributed by atoms with Gasteiger partial charge in [-0.25, -0.2) is 4.98 Å². The van der Waals surface area contributed by atoms with Gasteiger partial charge in [-0.3, -0.25) is 9.89 Å². The molecule has 0 aliphatic rings. The zero-order valence-electron chi connectivity index (χ0n) is 15.5. The Hall–Kier alpha value is -2.80. The van der Waals surface area contributed by atoms with Crippen molar-refractivity contribution in [2.75, 3.05) is 11.1 Å². The van der Waals surface area contributed by atoms with E-state index < -0.39 is 0 Å². The SMILES string of the molecule is Cc1ccc(/C=C/c2nc(SCC(=O)Nc3cccc(C(C)C)c3)n[nH]2)o1. The number of nitrogens with one attached hydrogen (secondary N) is 2. The number of H-pyrrole nitrogens is 1. The van der Waals surface area contributed by atoms with Gasteiger partial charge in [0.2, 0.25) is 11.1 Å². The van der Waals surface area contributed by atoms with Crippen LogP contribution in [0.3, 0.4) is 0 Å². The molecule has 0 radical (unpaired) electrons. The van der Waals surface area contributed by atoms with E-state index in [0.717, 1.165) is 17.2 Å². The van der Waals surface area contributed by atoms with E-state index in [9.17, 15) is 4.79 Å². The lowest BCUT2D eigenvalue weighted by atomic mass is 10.0. The summed E-state index contributed by atoms with van der Waals surface area (Å²) in [4.78, 5) is 16.5. The summed E-state index contributed by atoms with van der Waals surface area (Å²) >= 11 is 1.28. The minimum absolute atomic E-state index is 0.0890. The predicted octanol–water partition coefficient (Wildman–Crippen LogP) is 4.73. The smallest absolute Gasteiger partial charge is 0.234 e. The van der Waals surface area contributed by atoms with Gasteiger partial charge in [0.1, 0.15) is 17.3 Å². The van der Waals surface area contributed by atoms with Gasteiger partial charge in [-0.15, -0.1) is 5.10 Å². The maximum Gasteiger partial charge on any atom is 0.234 e. The van der Waals surface area contributed by atoms with Gasteiger partial charge in [-0.1, -0.05) is 37.7 Å². The molecular formula is C20H22N4O2S. The summed E-state index contributed by atoms with van der Waals surface area (Å²) in [5.74, 6) is 2.78. The van der Waals surface area contributed by atoms with Crippen LogP contribution in [-0.4, -0.2) is 26.8 Å². The molecule has 0 aliphatic heterocycles. The number of thioether (sulfide) groups is 1. The summed E-state index contributed by atoms with van der Waals surface area (Å²) in [6, 6.07) is 11.7. The largest absolute Gasteiger partial charge is 0.462 e. The van der Waals surface area contributed by atoms with Crippen LogP contribution >= 0.6 is 11.8 Å². The first-order valence-electron chi connectivity index (χ1n) is 8.69. The molecule has 0 spiro atoms. The van der Waals surface area contributed by atoms with E-state index in [0.29, 0.717) is 16.9 Å². The number of aryl methyl sites for hydroxylation is 1. The second kappa shape index (κ2) is 8.73. The molecule has 3 aromatic rings. The molecule has 0 bridgehead atoms. The van der Waals surface area contributed by atoms with Gasteiger partial charge in [0, 0.05) is 5.69 Å². The van der Waals surface area contributed by atoms with Crippen molar-refractivity contribution >= 4 is 35.5 Å². The highest BCUT2D eigenvalue weighted by molar-refractivity contribution is 7.99. The maximum absolute atomic E-state index is 12.2. The molecule has 27 heavy (non-hydrogen) atoms. The third-order valence-electron chi connectivity index (χ3n) is 3.82. The molecule has 0 atom stereocenters. The van der Waals surface area contributed by atoms with Gasteiger partial charge in [-0.05, 0) is 54.8 Å². The number of aromatic amines is 1. The lowest BCUT2D eigenvalue weighted by molar-refractivity contribution is -0.113. The fourth-order valence-corrected chi connectivity index (χ4v) is 3.01. The molecule has 0 aliphatic carbocycles. The Morgan fingerprint density at radius 2 is 2.15 bits per heavy atom. The van der Waals surface area contributed by atoms with E-state index >= 15 is 0 Å². The number of furan rings is 1. The van der Waals surface area contributed by atoms with Crippen molar-refractivity contribution in [3.05, 3.63) is 59.3 Å². The molecule has 1 amide bonds. The number of rotatable bonds is 7. The number of carbonyl (C=O) groups excluding carboxylic acids is 1. The number of nitrogens with zero attached hydrogens (tertiary/aromatic N) is 2. The average molecular weight is 382 g/mol. The minimum atomic E-state index is -0.0890. The first-order chi connectivity index (χ1) is 13.0. The lowest BCUT2D eigenvalue weighted by Crippen LogP contribution is -2.14. The highest BCUT2D eigenvalue weighted by Gasteiger charge is 2.08. The molecule has 1 aromatic carbocycles. The monoisotopic (exact) mass is 382 g/mol. The molecule has 0 unspecified atom stereocenters. The first kappa shape index (κ1) is 19.0. The molecule has 2 aromatic heterocycles. The molecule has 2 N–H and O–H groups in total. The molecule has 7 heteroatoms. The van der Waals surface area contributed by atoms with Crippen LogP contribution in [0.1, 0.15) is 42.7 Å². The molecule has 6 nitrogen and oxygen atoms in total. The average Bonchev–Trinajstić information content (AvgIpc) is 3.27. The first-order valence-corrected chi connectivity index (χ1v) is 9.67. The standard InChI is InChI=1S/C20H22N4O2S/c1-13(2)15-5-4-6-16(11-15)21-19(25)12-27-20-22-18(23-24-20)10-9-17-8-7-14(3)26-17/h4-11,13H,12H2,1-3H3,(H,21,25)(H,22,23,24)/b10-9+. The van der Waals surface area contributed by atoms with Crippen molar-refractivity contribution in [1.82, 2.24) is 15.2 Å². The van der Waals surface area contributed by atoms with E-state index in [1.54, 1.807) is 6.08 Å². The van der Waals surface area contributed by atoms with Crippen LogP contribution in [-0.2, 0) is 4.79 Å². The van der Waals surface area contributed by atoms with Gasteiger partial charge >= 0.3 is 0 Å².